The number of carbonyl (C=O) groups is 1. The SMILES string of the molecule is CCOc1ccc(-c2c(C#N)c(N=CN)c(C=S)n2CCNC(=O)c2ccc(F)cc2)cc1. The second-order valence-electron chi connectivity index (χ2n) is 6.84. The fraction of sp³-hybridized carbons (Fsp3) is 0.167. The van der Waals surface area contributed by atoms with E-state index in [2.05, 4.69) is 16.4 Å². The largest absolute Gasteiger partial charge is 0.494 e. The number of hydrogen-bond donors (Lipinski definition) is 2. The minimum atomic E-state index is -0.415. The Balaban J connectivity index is 1.96. The molecule has 3 rings (SSSR count). The number of carbonyl (C=O) groups excluding carboxylic acids is 1. The second kappa shape index (κ2) is 11.0. The predicted molar refractivity (Wildman–Crippen MR) is 130 cm³/mol. The van der Waals surface area contributed by atoms with Gasteiger partial charge in [-0.3, -0.25) is 4.79 Å². The number of nitriles is 1. The first kappa shape index (κ1) is 23.6. The molecule has 1 heterocycles. The summed E-state index contributed by atoms with van der Waals surface area (Å²) in [6.45, 7) is 2.99. The zero-order chi connectivity index (χ0) is 23.8. The van der Waals surface area contributed by atoms with Gasteiger partial charge in [0, 0.05) is 24.0 Å². The van der Waals surface area contributed by atoms with Crippen molar-refractivity contribution in [3.8, 4) is 23.1 Å². The topological polar surface area (TPSA) is 105 Å². The highest BCUT2D eigenvalue weighted by atomic mass is 32.1. The average molecular weight is 464 g/mol. The van der Waals surface area contributed by atoms with Gasteiger partial charge in [0.25, 0.3) is 5.91 Å². The molecule has 3 aromatic rings. The fourth-order valence-electron chi connectivity index (χ4n) is 3.45. The first-order valence-electron chi connectivity index (χ1n) is 10.2. The number of benzene rings is 2. The van der Waals surface area contributed by atoms with Gasteiger partial charge in [0.2, 0.25) is 0 Å². The zero-order valence-electron chi connectivity index (χ0n) is 17.9. The Kier molecular flexibility index (Phi) is 7.89. The quantitative estimate of drug-likeness (QED) is 0.284. The lowest BCUT2D eigenvalue weighted by Gasteiger charge is -2.13. The van der Waals surface area contributed by atoms with E-state index in [1.54, 1.807) is 0 Å². The molecule has 0 aliphatic carbocycles. The summed E-state index contributed by atoms with van der Waals surface area (Å²) in [6, 6.07) is 14.8. The molecule has 0 fully saturated rings. The van der Waals surface area contributed by atoms with Gasteiger partial charge in [0.1, 0.15) is 28.9 Å². The molecule has 9 heteroatoms. The summed E-state index contributed by atoms with van der Waals surface area (Å²) in [5.74, 6) is -0.0457. The van der Waals surface area contributed by atoms with E-state index in [4.69, 9.17) is 22.7 Å². The number of nitrogens with two attached hydrogens (primary N) is 1. The van der Waals surface area contributed by atoms with Crippen LogP contribution < -0.4 is 15.8 Å². The molecule has 0 spiro atoms. The van der Waals surface area contributed by atoms with Gasteiger partial charge in [-0.2, -0.15) is 5.26 Å². The van der Waals surface area contributed by atoms with Crippen LogP contribution in [0.25, 0.3) is 11.3 Å². The molecule has 1 amide bonds. The zero-order valence-corrected chi connectivity index (χ0v) is 18.7. The minimum Gasteiger partial charge on any atom is -0.494 e. The third-order valence-electron chi connectivity index (χ3n) is 4.87. The number of nitrogens with one attached hydrogen (secondary N) is 1. The second-order valence-corrected chi connectivity index (χ2v) is 7.07. The van der Waals surface area contributed by atoms with Crippen LogP contribution in [0.5, 0.6) is 5.75 Å². The van der Waals surface area contributed by atoms with Crippen molar-refractivity contribution in [1.29, 1.82) is 5.26 Å². The van der Waals surface area contributed by atoms with Crippen molar-refractivity contribution in [1.82, 2.24) is 9.88 Å². The van der Waals surface area contributed by atoms with Crippen LogP contribution in [-0.2, 0) is 6.54 Å². The van der Waals surface area contributed by atoms with E-state index in [0.717, 1.165) is 11.9 Å². The molecule has 0 aliphatic rings. The Morgan fingerprint density at radius 1 is 1.27 bits per heavy atom. The van der Waals surface area contributed by atoms with Crippen molar-refractivity contribution in [3.05, 3.63) is 71.2 Å². The Hall–Kier alpha value is -4.03. The molecule has 7 nitrogen and oxygen atoms in total. The summed E-state index contributed by atoms with van der Waals surface area (Å²) in [4.78, 5) is 16.6. The van der Waals surface area contributed by atoms with Crippen LogP contribution in [0.15, 0.2) is 53.5 Å². The van der Waals surface area contributed by atoms with Crippen molar-refractivity contribution in [2.45, 2.75) is 13.5 Å². The highest BCUT2D eigenvalue weighted by Gasteiger charge is 2.23. The van der Waals surface area contributed by atoms with Gasteiger partial charge < -0.3 is 20.4 Å². The molecule has 0 unspecified atom stereocenters. The van der Waals surface area contributed by atoms with E-state index in [-0.39, 0.29) is 12.5 Å². The average Bonchev–Trinajstić information content (AvgIpc) is 3.12. The smallest absolute Gasteiger partial charge is 0.251 e. The van der Waals surface area contributed by atoms with E-state index < -0.39 is 5.82 Å². The Bertz CT molecular complexity index is 1210. The maximum absolute atomic E-state index is 13.1. The van der Waals surface area contributed by atoms with Crippen molar-refractivity contribution in [2.75, 3.05) is 13.2 Å². The van der Waals surface area contributed by atoms with E-state index in [0.29, 0.717) is 47.1 Å². The normalized spacial score (nSPS) is 10.7. The van der Waals surface area contributed by atoms with Gasteiger partial charge in [-0.25, -0.2) is 9.38 Å². The molecule has 2 aromatic carbocycles. The number of ether oxygens (including phenoxy) is 1. The molecule has 0 saturated heterocycles. The summed E-state index contributed by atoms with van der Waals surface area (Å²) in [5, 5.41) is 14.1. The number of nitrogens with zero attached hydrogens (tertiary/aromatic N) is 3. The molecule has 0 atom stereocenters. The van der Waals surface area contributed by atoms with Crippen molar-refractivity contribution >= 4 is 35.5 Å². The maximum atomic E-state index is 13.1. The van der Waals surface area contributed by atoms with Crippen molar-refractivity contribution in [3.63, 3.8) is 0 Å². The third-order valence-corrected chi connectivity index (χ3v) is 5.09. The van der Waals surface area contributed by atoms with Crippen LogP contribution in [0, 0.1) is 17.1 Å². The van der Waals surface area contributed by atoms with Crippen molar-refractivity contribution < 1.29 is 13.9 Å². The summed E-state index contributed by atoms with van der Waals surface area (Å²) >= 11 is 5.21. The number of halogens is 1. The molecule has 0 radical (unpaired) electrons. The lowest BCUT2D eigenvalue weighted by atomic mass is 10.1. The Labute approximate surface area is 196 Å². The molecular formula is C24H22FN5O2S. The standard InChI is InChI=1S/C24H22FN5O2S/c1-2-32-19-9-5-16(6-10-19)23-20(13-26)22(29-15-27)21(14-33)30(23)12-11-28-24(31)17-3-7-18(25)8-4-17/h3-10,14-15H,2,11-12H2,1H3,(H2,27,29)(H,28,31). The number of rotatable bonds is 9. The number of thiocarbonyl (C=S) groups is 1. The first-order chi connectivity index (χ1) is 16.0. The monoisotopic (exact) mass is 463 g/mol. The highest BCUT2D eigenvalue weighted by molar-refractivity contribution is 7.79. The van der Waals surface area contributed by atoms with Crippen LogP contribution in [0.3, 0.4) is 0 Å². The van der Waals surface area contributed by atoms with Gasteiger partial charge in [-0.15, -0.1) is 0 Å². The molecule has 33 heavy (non-hydrogen) atoms. The Morgan fingerprint density at radius 3 is 2.55 bits per heavy atom. The number of hydrogen-bond acceptors (Lipinski definition) is 5. The van der Waals surface area contributed by atoms with E-state index in [1.165, 1.54) is 29.6 Å². The van der Waals surface area contributed by atoms with Crippen LogP contribution in [0.2, 0.25) is 0 Å². The summed E-state index contributed by atoms with van der Waals surface area (Å²) in [6.07, 6.45) is 1.11. The summed E-state index contributed by atoms with van der Waals surface area (Å²) < 4.78 is 20.4. The summed E-state index contributed by atoms with van der Waals surface area (Å²) in [5.41, 5.74) is 8.44. The number of aromatic nitrogens is 1. The number of aliphatic imine (C=N–C) groups is 1. The molecular weight excluding hydrogens is 441 g/mol. The summed E-state index contributed by atoms with van der Waals surface area (Å²) in [7, 11) is 0. The van der Waals surface area contributed by atoms with Gasteiger partial charge in [-0.05, 0) is 61.0 Å². The minimum absolute atomic E-state index is 0.238. The van der Waals surface area contributed by atoms with Gasteiger partial charge in [0.15, 0.2) is 0 Å². The first-order valence-corrected chi connectivity index (χ1v) is 10.6. The molecule has 168 valence electrons. The molecule has 0 aliphatic heterocycles. The van der Waals surface area contributed by atoms with Gasteiger partial charge in [0.05, 0.1) is 24.3 Å². The third kappa shape index (κ3) is 5.25. The van der Waals surface area contributed by atoms with E-state index in [1.807, 2.05) is 35.8 Å². The van der Waals surface area contributed by atoms with Gasteiger partial charge >= 0.3 is 0 Å². The molecule has 1 aromatic heterocycles. The maximum Gasteiger partial charge on any atom is 0.251 e. The van der Waals surface area contributed by atoms with E-state index in [9.17, 15) is 14.4 Å². The van der Waals surface area contributed by atoms with Crippen molar-refractivity contribution in [2.24, 2.45) is 10.7 Å². The molecule has 3 N–H and O–H groups in total. The van der Waals surface area contributed by atoms with Crippen LogP contribution in [-0.4, -0.2) is 35.3 Å². The van der Waals surface area contributed by atoms with Crippen LogP contribution in [0.1, 0.15) is 28.5 Å². The van der Waals surface area contributed by atoms with E-state index >= 15 is 0 Å². The molecule has 0 bridgehead atoms. The molecule has 0 saturated carbocycles. The number of amides is 1. The fourth-order valence-corrected chi connectivity index (χ4v) is 3.69. The van der Waals surface area contributed by atoms with Gasteiger partial charge in [-0.1, -0.05) is 12.2 Å². The lowest BCUT2D eigenvalue weighted by molar-refractivity contribution is 0.0952. The Morgan fingerprint density at radius 2 is 1.97 bits per heavy atom. The lowest BCUT2D eigenvalue weighted by Crippen LogP contribution is -2.27. The van der Waals surface area contributed by atoms with Crippen LogP contribution >= 0.6 is 12.2 Å². The predicted octanol–water partition coefficient (Wildman–Crippen LogP) is 3.96. The highest BCUT2D eigenvalue weighted by Crippen LogP contribution is 2.36. The van der Waals surface area contributed by atoms with Crippen LogP contribution in [0.4, 0.5) is 10.1 Å².